The van der Waals surface area contributed by atoms with E-state index in [0.717, 1.165) is 56.2 Å². The zero-order chi connectivity index (χ0) is 24.1. The lowest BCUT2D eigenvalue weighted by atomic mass is 9.92. The van der Waals surface area contributed by atoms with Crippen LogP contribution in [0, 0.1) is 36.2 Å². The Morgan fingerprint density at radius 3 is 2.57 bits per heavy atom. The second-order valence-electron chi connectivity index (χ2n) is 10.1. The van der Waals surface area contributed by atoms with Crippen molar-refractivity contribution in [3.8, 4) is 0 Å². The second kappa shape index (κ2) is 8.80. The predicted octanol–water partition coefficient (Wildman–Crippen LogP) is 4.44. The highest BCUT2D eigenvalue weighted by Crippen LogP contribution is 2.40. The van der Waals surface area contributed by atoms with Crippen molar-refractivity contribution in [1.29, 1.82) is 0 Å². The zero-order valence-corrected chi connectivity index (χ0v) is 19.6. The summed E-state index contributed by atoms with van der Waals surface area (Å²) in [6.07, 6.45) is 6.41. The summed E-state index contributed by atoms with van der Waals surface area (Å²) < 4.78 is 44.0. The van der Waals surface area contributed by atoms with E-state index in [4.69, 9.17) is 10.1 Å². The molecular weight excluding hydrogens is 455 g/mol. The molecule has 2 bridgehead atoms. The van der Waals surface area contributed by atoms with Crippen molar-refractivity contribution < 1.29 is 13.2 Å². The lowest BCUT2D eigenvalue weighted by molar-refractivity contribution is 0.376. The van der Waals surface area contributed by atoms with E-state index < -0.39 is 23.4 Å². The van der Waals surface area contributed by atoms with Gasteiger partial charge < -0.3 is 10.2 Å². The maximum atomic E-state index is 14.7. The van der Waals surface area contributed by atoms with Crippen molar-refractivity contribution in [3.05, 3.63) is 58.9 Å². The maximum absolute atomic E-state index is 14.7. The number of rotatable bonds is 4. The summed E-state index contributed by atoms with van der Waals surface area (Å²) in [6.45, 7) is 4.48. The van der Waals surface area contributed by atoms with Crippen LogP contribution >= 0.6 is 0 Å². The molecule has 1 aromatic carbocycles. The molecule has 2 aromatic heterocycles. The highest BCUT2D eigenvalue weighted by atomic mass is 19.2. The molecule has 1 aliphatic carbocycles. The van der Waals surface area contributed by atoms with Gasteiger partial charge in [-0.3, -0.25) is 0 Å². The third kappa shape index (κ3) is 4.02. The molecule has 4 atom stereocenters. The number of hydrogen-bond donors (Lipinski definition) is 1. The maximum Gasteiger partial charge on any atom is 0.242 e. The normalized spacial score (nSPS) is 25.9. The van der Waals surface area contributed by atoms with Crippen molar-refractivity contribution >= 4 is 11.6 Å². The van der Waals surface area contributed by atoms with Crippen LogP contribution < -0.4 is 10.2 Å². The Morgan fingerprint density at radius 2 is 1.80 bits per heavy atom. The monoisotopic (exact) mass is 483 g/mol. The molecule has 6 rings (SSSR count). The van der Waals surface area contributed by atoms with Gasteiger partial charge in [0.25, 0.3) is 0 Å². The van der Waals surface area contributed by atoms with Crippen LogP contribution in [0.25, 0.3) is 0 Å². The molecule has 184 valence electrons. The lowest BCUT2D eigenvalue weighted by Crippen LogP contribution is -2.48. The smallest absolute Gasteiger partial charge is 0.242 e. The molecule has 3 aromatic rings. The SMILES string of the molecule is Cc1cc(N2C[C@H]3CC[C@@H](C2)[C@@H]3Nc2nc3n(n2)CCCC[C@H]3c2ccc(F)c(F)c2F)cnn1. The summed E-state index contributed by atoms with van der Waals surface area (Å²) in [5.41, 5.74) is 2.16. The Labute approximate surface area is 201 Å². The number of aryl methyl sites for hydroxylation is 2. The van der Waals surface area contributed by atoms with Crippen LogP contribution in [0.4, 0.5) is 24.8 Å². The standard InChI is InChI=1S/C25H28F3N7/c1-14-10-17(11-29-32-14)34-12-15-5-6-16(13-34)23(15)30-25-31-24-19(4-2-3-9-35(24)33-25)18-7-8-20(26)22(28)21(18)27/h7-8,10-11,15-16,19,23H,2-6,9,12-13H2,1H3,(H,30,33)/t15-,16+,19-,23-/m0/s1. The molecule has 0 unspecified atom stereocenters. The molecular formula is C25H28F3N7. The van der Waals surface area contributed by atoms with Crippen LogP contribution in [-0.4, -0.2) is 44.1 Å². The first-order valence-corrected chi connectivity index (χ1v) is 12.4. The van der Waals surface area contributed by atoms with Crippen molar-refractivity contribution in [2.75, 3.05) is 23.3 Å². The predicted molar refractivity (Wildman–Crippen MR) is 125 cm³/mol. The first-order valence-electron chi connectivity index (χ1n) is 12.4. The largest absolute Gasteiger partial charge is 0.369 e. The summed E-state index contributed by atoms with van der Waals surface area (Å²) in [4.78, 5) is 7.16. The molecule has 1 N–H and O–H groups in total. The molecule has 2 aliphatic heterocycles. The van der Waals surface area contributed by atoms with E-state index >= 15 is 0 Å². The van der Waals surface area contributed by atoms with Gasteiger partial charge in [-0.2, -0.15) is 15.2 Å². The number of halogens is 3. The molecule has 0 spiro atoms. The number of nitrogens with zero attached hydrogens (tertiary/aromatic N) is 6. The van der Waals surface area contributed by atoms with Gasteiger partial charge in [0, 0.05) is 37.2 Å². The van der Waals surface area contributed by atoms with Crippen LogP contribution in [0.15, 0.2) is 24.4 Å². The van der Waals surface area contributed by atoms with Crippen LogP contribution in [0.2, 0.25) is 0 Å². The van der Waals surface area contributed by atoms with Gasteiger partial charge in [0.2, 0.25) is 5.95 Å². The van der Waals surface area contributed by atoms with E-state index in [2.05, 4.69) is 26.5 Å². The van der Waals surface area contributed by atoms with Gasteiger partial charge in [-0.25, -0.2) is 17.9 Å². The Bertz CT molecular complexity index is 1230. The third-order valence-electron chi connectivity index (χ3n) is 7.82. The van der Waals surface area contributed by atoms with Gasteiger partial charge in [-0.15, -0.1) is 5.10 Å². The Balaban J connectivity index is 1.24. The molecule has 4 heterocycles. The van der Waals surface area contributed by atoms with Gasteiger partial charge in [-0.1, -0.05) is 12.5 Å². The fourth-order valence-corrected chi connectivity index (χ4v) is 6.13. The fourth-order valence-electron chi connectivity index (χ4n) is 6.13. The van der Waals surface area contributed by atoms with E-state index in [1.807, 2.05) is 17.8 Å². The number of piperidine rings is 1. The van der Waals surface area contributed by atoms with Crippen LogP contribution in [-0.2, 0) is 6.54 Å². The van der Waals surface area contributed by atoms with Crippen LogP contribution in [0.1, 0.15) is 55.1 Å². The van der Waals surface area contributed by atoms with Crippen molar-refractivity contribution in [2.45, 2.75) is 57.5 Å². The third-order valence-corrected chi connectivity index (χ3v) is 7.82. The minimum Gasteiger partial charge on any atom is -0.369 e. The van der Waals surface area contributed by atoms with Gasteiger partial charge in [0.15, 0.2) is 17.5 Å². The van der Waals surface area contributed by atoms with Crippen LogP contribution in [0.5, 0.6) is 0 Å². The Kier molecular flexibility index (Phi) is 5.61. The lowest BCUT2D eigenvalue weighted by Gasteiger charge is -2.39. The van der Waals surface area contributed by atoms with Gasteiger partial charge in [0.1, 0.15) is 5.82 Å². The van der Waals surface area contributed by atoms with E-state index in [1.165, 1.54) is 6.07 Å². The molecule has 35 heavy (non-hydrogen) atoms. The van der Waals surface area contributed by atoms with E-state index in [1.54, 1.807) is 0 Å². The van der Waals surface area contributed by atoms with Crippen molar-refractivity contribution in [2.24, 2.45) is 11.8 Å². The highest BCUT2D eigenvalue weighted by molar-refractivity contribution is 5.46. The first-order chi connectivity index (χ1) is 17.0. The fraction of sp³-hybridized carbons (Fsp3) is 0.520. The summed E-state index contributed by atoms with van der Waals surface area (Å²) in [5, 5.41) is 16.5. The van der Waals surface area contributed by atoms with Crippen molar-refractivity contribution in [1.82, 2.24) is 25.0 Å². The number of nitrogens with one attached hydrogen (secondary N) is 1. The number of fused-ring (bicyclic) bond motifs is 3. The van der Waals surface area contributed by atoms with Crippen molar-refractivity contribution in [3.63, 3.8) is 0 Å². The van der Waals surface area contributed by atoms with E-state index in [0.29, 0.717) is 36.6 Å². The van der Waals surface area contributed by atoms with E-state index in [-0.39, 0.29) is 11.6 Å². The molecule has 0 amide bonds. The van der Waals surface area contributed by atoms with E-state index in [9.17, 15) is 13.2 Å². The minimum atomic E-state index is -1.43. The first kappa shape index (κ1) is 22.3. The summed E-state index contributed by atoms with van der Waals surface area (Å²) >= 11 is 0. The summed E-state index contributed by atoms with van der Waals surface area (Å²) in [5.74, 6) is -2.16. The zero-order valence-electron chi connectivity index (χ0n) is 19.6. The average molecular weight is 484 g/mol. The molecule has 2 fully saturated rings. The van der Waals surface area contributed by atoms with Gasteiger partial charge in [0.05, 0.1) is 17.6 Å². The minimum absolute atomic E-state index is 0.139. The van der Waals surface area contributed by atoms with Gasteiger partial charge >= 0.3 is 0 Å². The molecule has 0 radical (unpaired) electrons. The number of aromatic nitrogens is 5. The Morgan fingerprint density at radius 1 is 1.00 bits per heavy atom. The molecule has 1 saturated carbocycles. The molecule has 3 aliphatic rings. The number of anilines is 2. The summed E-state index contributed by atoms with van der Waals surface area (Å²) in [7, 11) is 0. The molecule has 1 saturated heterocycles. The molecule has 10 heteroatoms. The number of benzene rings is 1. The number of hydrogen-bond acceptors (Lipinski definition) is 6. The average Bonchev–Trinajstić information content (AvgIpc) is 3.25. The highest BCUT2D eigenvalue weighted by Gasteiger charge is 2.43. The van der Waals surface area contributed by atoms with Crippen LogP contribution in [0.3, 0.4) is 0 Å². The molecule has 7 nitrogen and oxygen atoms in total. The topological polar surface area (TPSA) is 71.8 Å². The quantitative estimate of drug-likeness (QED) is 0.554. The Hall–Kier alpha value is -3.17. The summed E-state index contributed by atoms with van der Waals surface area (Å²) in [6, 6.07) is 4.66. The van der Waals surface area contributed by atoms with Gasteiger partial charge in [-0.05, 0) is 56.6 Å². The second-order valence-corrected chi connectivity index (χ2v) is 10.1.